The molecule has 8 heteroatoms. The number of hydrogen-bond donors (Lipinski definition) is 1. The average Bonchev–Trinajstić information content (AvgIpc) is 3.17. The standard InChI is InChI=1S/C22H23ClFN5S/c23-19-3-1-2-18(12-19)14-27-8-10-28(11-9-27)22(30)26-21-13-25-29(16-21)15-17-4-6-20(24)7-5-17/h1-7,12-13,16H,8-11,14-15H2,(H,26,30). The molecule has 0 aliphatic carbocycles. The molecule has 2 heterocycles. The molecule has 2 aromatic carbocycles. The van der Waals surface area contributed by atoms with Crippen LogP contribution in [0.2, 0.25) is 5.02 Å². The predicted molar refractivity (Wildman–Crippen MR) is 122 cm³/mol. The van der Waals surface area contributed by atoms with Crippen molar-refractivity contribution in [2.75, 3.05) is 31.5 Å². The zero-order chi connectivity index (χ0) is 20.9. The summed E-state index contributed by atoms with van der Waals surface area (Å²) in [5, 5.41) is 9.12. The topological polar surface area (TPSA) is 36.3 Å². The third-order valence-electron chi connectivity index (χ3n) is 5.10. The molecule has 0 amide bonds. The first kappa shape index (κ1) is 20.8. The zero-order valence-electron chi connectivity index (χ0n) is 16.5. The van der Waals surface area contributed by atoms with E-state index >= 15 is 0 Å². The van der Waals surface area contributed by atoms with E-state index in [9.17, 15) is 4.39 Å². The van der Waals surface area contributed by atoms with Gasteiger partial charge in [0.1, 0.15) is 5.82 Å². The van der Waals surface area contributed by atoms with Crippen LogP contribution in [-0.2, 0) is 13.1 Å². The van der Waals surface area contributed by atoms with Crippen LogP contribution in [0.25, 0.3) is 0 Å². The number of aromatic nitrogens is 2. The number of nitrogens with zero attached hydrogens (tertiary/aromatic N) is 4. The molecule has 1 fully saturated rings. The van der Waals surface area contributed by atoms with Gasteiger partial charge in [0, 0.05) is 43.9 Å². The van der Waals surface area contributed by atoms with Crippen LogP contribution in [0.1, 0.15) is 11.1 Å². The second-order valence-electron chi connectivity index (χ2n) is 7.38. The first-order valence-electron chi connectivity index (χ1n) is 9.85. The molecule has 0 atom stereocenters. The molecule has 1 aromatic heterocycles. The summed E-state index contributed by atoms with van der Waals surface area (Å²) in [7, 11) is 0. The largest absolute Gasteiger partial charge is 0.346 e. The van der Waals surface area contributed by atoms with Crippen LogP contribution in [0.5, 0.6) is 0 Å². The normalized spacial score (nSPS) is 14.7. The third kappa shape index (κ3) is 5.56. The maximum atomic E-state index is 13.0. The molecule has 0 saturated carbocycles. The van der Waals surface area contributed by atoms with Crippen molar-refractivity contribution in [3.8, 4) is 0 Å². The van der Waals surface area contributed by atoms with Crippen molar-refractivity contribution in [1.82, 2.24) is 19.6 Å². The first-order chi connectivity index (χ1) is 14.5. The fourth-order valence-electron chi connectivity index (χ4n) is 3.50. The van der Waals surface area contributed by atoms with E-state index in [0.29, 0.717) is 11.7 Å². The zero-order valence-corrected chi connectivity index (χ0v) is 18.0. The Balaban J connectivity index is 1.26. The number of rotatable bonds is 5. The highest BCUT2D eigenvalue weighted by Crippen LogP contribution is 2.15. The molecule has 3 aromatic rings. The third-order valence-corrected chi connectivity index (χ3v) is 5.69. The van der Waals surface area contributed by atoms with E-state index in [-0.39, 0.29) is 5.82 Å². The summed E-state index contributed by atoms with van der Waals surface area (Å²) in [6.45, 7) is 5.10. The van der Waals surface area contributed by atoms with Crippen molar-refractivity contribution in [3.05, 3.63) is 82.9 Å². The highest BCUT2D eigenvalue weighted by atomic mass is 35.5. The van der Waals surface area contributed by atoms with E-state index in [4.69, 9.17) is 23.8 Å². The highest BCUT2D eigenvalue weighted by Gasteiger charge is 2.19. The SMILES string of the molecule is Fc1ccc(Cn2cc(NC(=S)N3CCN(Cc4cccc(Cl)c4)CC3)cn2)cc1. The van der Waals surface area contributed by atoms with Crippen LogP contribution in [0.3, 0.4) is 0 Å². The van der Waals surface area contributed by atoms with Gasteiger partial charge in [-0.25, -0.2) is 4.39 Å². The van der Waals surface area contributed by atoms with E-state index in [0.717, 1.165) is 49.0 Å². The number of piperazine rings is 1. The van der Waals surface area contributed by atoms with Crippen molar-refractivity contribution >= 4 is 34.6 Å². The van der Waals surface area contributed by atoms with Gasteiger partial charge in [-0.05, 0) is 47.6 Å². The minimum Gasteiger partial charge on any atom is -0.346 e. The average molecular weight is 444 g/mol. The van der Waals surface area contributed by atoms with E-state index in [1.54, 1.807) is 23.0 Å². The minimum absolute atomic E-state index is 0.236. The molecule has 1 N–H and O–H groups in total. The van der Waals surface area contributed by atoms with Crippen LogP contribution >= 0.6 is 23.8 Å². The Morgan fingerprint density at radius 1 is 1.03 bits per heavy atom. The molecule has 4 rings (SSSR count). The Hall–Kier alpha value is -2.48. The summed E-state index contributed by atoms with van der Waals surface area (Å²) in [5.74, 6) is -0.236. The number of nitrogens with one attached hydrogen (secondary N) is 1. The Morgan fingerprint density at radius 3 is 2.53 bits per heavy atom. The van der Waals surface area contributed by atoms with Crippen molar-refractivity contribution in [2.45, 2.75) is 13.1 Å². The molecule has 156 valence electrons. The van der Waals surface area contributed by atoms with Gasteiger partial charge in [-0.2, -0.15) is 5.10 Å². The van der Waals surface area contributed by atoms with Gasteiger partial charge in [-0.1, -0.05) is 35.9 Å². The summed E-state index contributed by atoms with van der Waals surface area (Å²) in [6, 6.07) is 14.4. The number of thiocarbonyl (C=S) groups is 1. The maximum absolute atomic E-state index is 13.0. The van der Waals surface area contributed by atoms with Gasteiger partial charge < -0.3 is 10.2 Å². The molecule has 0 radical (unpaired) electrons. The summed E-state index contributed by atoms with van der Waals surface area (Å²) >= 11 is 11.7. The molecular weight excluding hydrogens is 421 g/mol. The summed E-state index contributed by atoms with van der Waals surface area (Å²) in [5.41, 5.74) is 3.07. The second kappa shape index (κ2) is 9.55. The molecule has 0 unspecified atom stereocenters. The molecular formula is C22H23ClFN5S. The van der Waals surface area contributed by atoms with Gasteiger partial charge in [-0.3, -0.25) is 9.58 Å². The van der Waals surface area contributed by atoms with Crippen LogP contribution in [0.4, 0.5) is 10.1 Å². The quantitative estimate of drug-likeness (QED) is 0.597. The smallest absolute Gasteiger partial charge is 0.173 e. The Kier molecular flexibility index (Phi) is 6.62. The Bertz CT molecular complexity index is 999. The van der Waals surface area contributed by atoms with E-state index < -0.39 is 0 Å². The van der Waals surface area contributed by atoms with Gasteiger partial charge in [0.2, 0.25) is 0 Å². The Morgan fingerprint density at radius 2 is 1.80 bits per heavy atom. The molecule has 1 aliphatic heterocycles. The number of halogens is 2. The molecule has 0 spiro atoms. The molecule has 5 nitrogen and oxygen atoms in total. The van der Waals surface area contributed by atoms with Crippen molar-refractivity contribution in [1.29, 1.82) is 0 Å². The fraction of sp³-hybridized carbons (Fsp3) is 0.273. The minimum atomic E-state index is -0.236. The van der Waals surface area contributed by atoms with Crippen molar-refractivity contribution in [2.24, 2.45) is 0 Å². The highest BCUT2D eigenvalue weighted by molar-refractivity contribution is 7.80. The number of anilines is 1. The first-order valence-corrected chi connectivity index (χ1v) is 10.6. The van der Waals surface area contributed by atoms with Gasteiger partial charge in [-0.15, -0.1) is 0 Å². The van der Waals surface area contributed by atoms with Gasteiger partial charge in [0.15, 0.2) is 5.11 Å². The molecule has 30 heavy (non-hydrogen) atoms. The lowest BCUT2D eigenvalue weighted by Gasteiger charge is -2.36. The number of hydrogen-bond acceptors (Lipinski definition) is 3. The molecule has 1 saturated heterocycles. The second-order valence-corrected chi connectivity index (χ2v) is 8.20. The van der Waals surface area contributed by atoms with Crippen LogP contribution in [0, 0.1) is 5.82 Å². The molecule has 1 aliphatic rings. The lowest BCUT2D eigenvalue weighted by molar-refractivity contribution is 0.177. The molecule has 0 bridgehead atoms. The fourth-order valence-corrected chi connectivity index (χ4v) is 4.01. The monoisotopic (exact) mass is 443 g/mol. The van der Waals surface area contributed by atoms with Crippen molar-refractivity contribution < 1.29 is 4.39 Å². The van der Waals surface area contributed by atoms with Crippen LogP contribution in [0.15, 0.2) is 60.9 Å². The van der Waals surface area contributed by atoms with Crippen LogP contribution in [-0.4, -0.2) is 50.9 Å². The number of benzene rings is 2. The lowest BCUT2D eigenvalue weighted by Crippen LogP contribution is -2.49. The van der Waals surface area contributed by atoms with Gasteiger partial charge >= 0.3 is 0 Å². The maximum Gasteiger partial charge on any atom is 0.173 e. The van der Waals surface area contributed by atoms with Gasteiger partial charge in [0.25, 0.3) is 0 Å². The summed E-state index contributed by atoms with van der Waals surface area (Å²) < 4.78 is 14.8. The van der Waals surface area contributed by atoms with E-state index in [1.165, 1.54) is 17.7 Å². The van der Waals surface area contributed by atoms with E-state index in [2.05, 4.69) is 26.3 Å². The van der Waals surface area contributed by atoms with E-state index in [1.807, 2.05) is 24.4 Å². The summed E-state index contributed by atoms with van der Waals surface area (Å²) in [4.78, 5) is 4.59. The van der Waals surface area contributed by atoms with Crippen LogP contribution < -0.4 is 5.32 Å². The Labute approximate surface area is 186 Å². The van der Waals surface area contributed by atoms with Gasteiger partial charge in [0.05, 0.1) is 18.4 Å². The predicted octanol–water partition coefficient (Wildman–Crippen LogP) is 4.24. The summed E-state index contributed by atoms with van der Waals surface area (Å²) in [6.07, 6.45) is 3.66. The van der Waals surface area contributed by atoms with Crippen molar-refractivity contribution in [3.63, 3.8) is 0 Å². The lowest BCUT2D eigenvalue weighted by atomic mass is 10.2.